The van der Waals surface area contributed by atoms with Crippen molar-refractivity contribution in [3.05, 3.63) is 72.5 Å². The van der Waals surface area contributed by atoms with Crippen molar-refractivity contribution in [3.8, 4) is 11.5 Å². The maximum atomic E-state index is 5.85. The molecular formula is C17H18O2. The van der Waals surface area contributed by atoms with Gasteiger partial charge in [-0.15, -0.1) is 0 Å². The molecule has 2 nitrogen and oxygen atoms in total. The van der Waals surface area contributed by atoms with E-state index in [0.29, 0.717) is 0 Å². The van der Waals surface area contributed by atoms with Crippen LogP contribution in [0.5, 0.6) is 11.5 Å². The summed E-state index contributed by atoms with van der Waals surface area (Å²) in [5.41, 5.74) is 0. The molecule has 0 N–H and O–H groups in total. The van der Waals surface area contributed by atoms with E-state index in [0.717, 1.165) is 17.3 Å². The van der Waals surface area contributed by atoms with Gasteiger partial charge in [0.05, 0.1) is 0 Å². The van der Waals surface area contributed by atoms with Gasteiger partial charge in [-0.2, -0.15) is 0 Å². The minimum atomic E-state index is -0.132. The molecule has 0 saturated carbocycles. The first kappa shape index (κ1) is 13.2. The third-order valence-corrected chi connectivity index (χ3v) is 2.72. The van der Waals surface area contributed by atoms with Crippen LogP contribution >= 0.6 is 0 Å². The van der Waals surface area contributed by atoms with Crippen LogP contribution < -0.4 is 9.47 Å². The van der Waals surface area contributed by atoms with Crippen molar-refractivity contribution in [2.75, 3.05) is 0 Å². The largest absolute Gasteiger partial charge is 0.483 e. The lowest BCUT2D eigenvalue weighted by molar-refractivity contribution is 0.200. The van der Waals surface area contributed by atoms with Gasteiger partial charge in [0.1, 0.15) is 17.3 Å². The lowest BCUT2D eigenvalue weighted by atomic mass is 10.3. The Labute approximate surface area is 114 Å². The average Bonchev–Trinajstić information content (AvgIpc) is 2.47. The predicted octanol–water partition coefficient (Wildman–Crippen LogP) is 4.44. The molecule has 0 aliphatic rings. The van der Waals surface area contributed by atoms with Gasteiger partial charge in [-0.05, 0) is 44.2 Å². The lowest BCUT2D eigenvalue weighted by Crippen LogP contribution is -2.18. The Bertz CT molecular complexity index is 517. The fourth-order valence-corrected chi connectivity index (χ4v) is 1.76. The number of para-hydroxylation sites is 2. The van der Waals surface area contributed by atoms with Crippen molar-refractivity contribution in [2.24, 2.45) is 0 Å². The van der Waals surface area contributed by atoms with Gasteiger partial charge in [-0.25, -0.2) is 0 Å². The molecule has 1 unspecified atom stereocenters. The number of ether oxygens (including phenoxy) is 2. The molecule has 0 spiro atoms. The van der Waals surface area contributed by atoms with Crippen molar-refractivity contribution in [1.29, 1.82) is 0 Å². The van der Waals surface area contributed by atoms with Crippen LogP contribution in [0.4, 0.5) is 0 Å². The van der Waals surface area contributed by atoms with Gasteiger partial charge >= 0.3 is 0 Å². The molecule has 0 heterocycles. The topological polar surface area (TPSA) is 18.5 Å². The monoisotopic (exact) mass is 254 g/mol. The highest BCUT2D eigenvalue weighted by atomic mass is 16.5. The van der Waals surface area contributed by atoms with Gasteiger partial charge in [-0.1, -0.05) is 36.4 Å². The molecule has 1 atom stereocenters. The first-order valence-corrected chi connectivity index (χ1v) is 6.40. The normalized spacial score (nSPS) is 12.8. The summed E-state index contributed by atoms with van der Waals surface area (Å²) in [4.78, 5) is 0. The van der Waals surface area contributed by atoms with Gasteiger partial charge in [0.15, 0.2) is 6.10 Å². The first-order valence-electron chi connectivity index (χ1n) is 6.40. The van der Waals surface area contributed by atoms with Gasteiger partial charge in [0, 0.05) is 0 Å². The van der Waals surface area contributed by atoms with Crippen LogP contribution in [0.1, 0.15) is 13.8 Å². The standard InChI is InChI=1S/C17H18O2/c1-3-17(19-16-12-8-5-9-13-16)14(2)18-15-10-6-4-7-11-15/h3-14H,1-2H3/b17-3+. The van der Waals surface area contributed by atoms with Gasteiger partial charge in [-0.3, -0.25) is 0 Å². The van der Waals surface area contributed by atoms with E-state index in [1.807, 2.05) is 80.6 Å². The Morgan fingerprint density at radius 1 is 0.895 bits per heavy atom. The maximum Gasteiger partial charge on any atom is 0.153 e. The molecular weight excluding hydrogens is 236 g/mol. The number of allylic oxidation sites excluding steroid dienone is 1. The van der Waals surface area contributed by atoms with Gasteiger partial charge in [0.25, 0.3) is 0 Å². The highest BCUT2D eigenvalue weighted by molar-refractivity contribution is 5.25. The van der Waals surface area contributed by atoms with Crippen molar-refractivity contribution in [2.45, 2.75) is 20.0 Å². The van der Waals surface area contributed by atoms with E-state index in [4.69, 9.17) is 9.47 Å². The summed E-state index contributed by atoms with van der Waals surface area (Å²) in [6.07, 6.45) is 1.80. The van der Waals surface area contributed by atoms with Crippen molar-refractivity contribution in [3.63, 3.8) is 0 Å². The van der Waals surface area contributed by atoms with E-state index < -0.39 is 0 Å². The number of hydrogen-bond donors (Lipinski definition) is 0. The fraction of sp³-hybridized carbons (Fsp3) is 0.176. The third-order valence-electron chi connectivity index (χ3n) is 2.72. The van der Waals surface area contributed by atoms with Crippen molar-refractivity contribution >= 4 is 0 Å². The third kappa shape index (κ3) is 3.88. The molecule has 0 aliphatic heterocycles. The van der Waals surface area contributed by atoms with Crippen molar-refractivity contribution < 1.29 is 9.47 Å². The minimum absolute atomic E-state index is 0.132. The second kappa shape index (κ2) is 6.64. The van der Waals surface area contributed by atoms with Gasteiger partial charge < -0.3 is 9.47 Å². The van der Waals surface area contributed by atoms with Crippen molar-refractivity contribution in [1.82, 2.24) is 0 Å². The Morgan fingerprint density at radius 3 is 1.95 bits per heavy atom. The summed E-state index contributed by atoms with van der Waals surface area (Å²) in [6.45, 7) is 3.92. The molecule has 98 valence electrons. The number of hydrogen-bond acceptors (Lipinski definition) is 2. The van der Waals surface area contributed by atoms with Crippen LogP contribution in [0, 0.1) is 0 Å². The van der Waals surface area contributed by atoms with E-state index in [1.165, 1.54) is 0 Å². The summed E-state index contributed by atoms with van der Waals surface area (Å²) < 4.78 is 11.7. The van der Waals surface area contributed by atoms with Crippen LogP contribution in [0.25, 0.3) is 0 Å². The van der Waals surface area contributed by atoms with E-state index in [1.54, 1.807) is 0 Å². The molecule has 19 heavy (non-hydrogen) atoms. The zero-order chi connectivity index (χ0) is 13.5. The van der Waals surface area contributed by atoms with Crippen LogP contribution in [-0.2, 0) is 0 Å². The number of rotatable bonds is 5. The molecule has 2 rings (SSSR count). The second-order valence-corrected chi connectivity index (χ2v) is 4.18. The van der Waals surface area contributed by atoms with Gasteiger partial charge in [0.2, 0.25) is 0 Å². The van der Waals surface area contributed by atoms with E-state index in [2.05, 4.69) is 0 Å². The molecule has 0 aromatic heterocycles. The zero-order valence-corrected chi connectivity index (χ0v) is 11.2. The summed E-state index contributed by atoms with van der Waals surface area (Å²) in [6, 6.07) is 19.5. The Kier molecular flexibility index (Phi) is 4.62. The predicted molar refractivity (Wildman–Crippen MR) is 77.4 cm³/mol. The molecule has 0 amide bonds. The fourth-order valence-electron chi connectivity index (χ4n) is 1.76. The molecule has 0 fully saturated rings. The SMILES string of the molecule is C/C=C(/Oc1ccccc1)C(C)Oc1ccccc1. The summed E-state index contributed by atoms with van der Waals surface area (Å²) >= 11 is 0. The summed E-state index contributed by atoms with van der Waals surface area (Å²) in [5.74, 6) is 2.46. The number of benzene rings is 2. The van der Waals surface area contributed by atoms with Crippen LogP contribution in [0.2, 0.25) is 0 Å². The second-order valence-electron chi connectivity index (χ2n) is 4.18. The molecule has 0 radical (unpaired) electrons. The smallest absolute Gasteiger partial charge is 0.153 e. The highest BCUT2D eigenvalue weighted by Crippen LogP contribution is 2.19. The molecule has 2 aromatic rings. The molecule has 2 aromatic carbocycles. The Balaban J connectivity index is 2.02. The molecule has 0 aliphatic carbocycles. The first-order chi connectivity index (χ1) is 9.29. The Hall–Kier alpha value is -2.22. The minimum Gasteiger partial charge on any atom is -0.483 e. The highest BCUT2D eigenvalue weighted by Gasteiger charge is 2.12. The van der Waals surface area contributed by atoms with Crippen LogP contribution in [0.3, 0.4) is 0 Å². The van der Waals surface area contributed by atoms with Crippen LogP contribution in [0.15, 0.2) is 72.5 Å². The van der Waals surface area contributed by atoms with E-state index >= 15 is 0 Å². The van der Waals surface area contributed by atoms with Crippen LogP contribution in [-0.4, -0.2) is 6.10 Å². The average molecular weight is 254 g/mol. The quantitative estimate of drug-likeness (QED) is 0.734. The lowest BCUT2D eigenvalue weighted by Gasteiger charge is -2.18. The molecule has 0 saturated heterocycles. The van der Waals surface area contributed by atoms with E-state index in [9.17, 15) is 0 Å². The maximum absolute atomic E-state index is 5.85. The Morgan fingerprint density at radius 2 is 1.42 bits per heavy atom. The molecule has 0 bridgehead atoms. The summed E-state index contributed by atoms with van der Waals surface area (Å²) in [7, 11) is 0. The van der Waals surface area contributed by atoms with E-state index in [-0.39, 0.29) is 6.10 Å². The zero-order valence-electron chi connectivity index (χ0n) is 11.2. The summed E-state index contributed by atoms with van der Waals surface area (Å²) in [5, 5.41) is 0. The molecule has 2 heteroatoms.